The highest BCUT2D eigenvalue weighted by molar-refractivity contribution is 5.47. The maximum Gasteiger partial charge on any atom is 0.0485 e. The number of hydrogen-bond donors (Lipinski definition) is 1. The molecule has 0 aliphatic heterocycles. The van der Waals surface area contributed by atoms with Gasteiger partial charge in [-0.25, -0.2) is 0 Å². The normalized spacial score (nSPS) is 12.2. The van der Waals surface area contributed by atoms with E-state index in [4.69, 9.17) is 0 Å². The Morgan fingerprint density at radius 2 is 1.50 bits per heavy atom. The van der Waals surface area contributed by atoms with Gasteiger partial charge in [-0.2, -0.15) is 0 Å². The van der Waals surface area contributed by atoms with Gasteiger partial charge >= 0.3 is 0 Å². The molecule has 0 radical (unpaired) electrons. The average Bonchev–Trinajstić information content (AvgIpc) is 2.35. The predicted octanol–water partition coefficient (Wildman–Crippen LogP) is 4.78. The Labute approximate surface area is 110 Å². The molecule has 0 saturated heterocycles. The third-order valence-corrected chi connectivity index (χ3v) is 3.47. The maximum atomic E-state index is 3.53. The molecule has 2 aromatic carbocycles. The molecule has 0 aliphatic carbocycles. The molecule has 0 spiro atoms. The third kappa shape index (κ3) is 2.92. The van der Waals surface area contributed by atoms with Crippen LogP contribution in [0, 0.1) is 20.8 Å². The third-order valence-electron chi connectivity index (χ3n) is 3.47. The minimum atomic E-state index is 0.326. The minimum Gasteiger partial charge on any atom is -0.379 e. The smallest absolute Gasteiger partial charge is 0.0485 e. The lowest BCUT2D eigenvalue weighted by Gasteiger charge is -2.17. The summed E-state index contributed by atoms with van der Waals surface area (Å²) < 4.78 is 0. The summed E-state index contributed by atoms with van der Waals surface area (Å²) in [5.74, 6) is 0. The highest BCUT2D eigenvalue weighted by atomic mass is 14.9. The molecule has 0 fully saturated rings. The van der Waals surface area contributed by atoms with Crippen molar-refractivity contribution in [2.75, 3.05) is 5.32 Å². The number of hydrogen-bond acceptors (Lipinski definition) is 1. The second-order valence-electron chi connectivity index (χ2n) is 5.08. The molecule has 0 aromatic heterocycles. The molecule has 1 unspecified atom stereocenters. The predicted molar refractivity (Wildman–Crippen MR) is 79.1 cm³/mol. The Balaban J connectivity index is 2.13. The molecule has 18 heavy (non-hydrogen) atoms. The fourth-order valence-corrected chi connectivity index (χ4v) is 2.02. The van der Waals surface area contributed by atoms with Gasteiger partial charge in [0.1, 0.15) is 0 Å². The fraction of sp³-hybridized carbons (Fsp3) is 0.294. The van der Waals surface area contributed by atoms with Crippen LogP contribution in [0.4, 0.5) is 5.69 Å². The Hall–Kier alpha value is -1.76. The SMILES string of the molecule is Cc1ccc(NC(C)c2ccc(C)c(C)c2)cc1. The first-order valence-electron chi connectivity index (χ1n) is 6.46. The number of anilines is 1. The molecule has 1 nitrogen and oxygen atoms in total. The summed E-state index contributed by atoms with van der Waals surface area (Å²) in [6, 6.07) is 15.5. The largest absolute Gasteiger partial charge is 0.379 e. The van der Waals surface area contributed by atoms with E-state index >= 15 is 0 Å². The fourth-order valence-electron chi connectivity index (χ4n) is 2.02. The van der Waals surface area contributed by atoms with Crippen molar-refractivity contribution in [3.05, 3.63) is 64.7 Å². The highest BCUT2D eigenvalue weighted by Crippen LogP contribution is 2.21. The molecule has 0 bridgehead atoms. The molecule has 94 valence electrons. The van der Waals surface area contributed by atoms with Gasteiger partial charge < -0.3 is 5.32 Å². The van der Waals surface area contributed by atoms with Crippen LogP contribution in [0.5, 0.6) is 0 Å². The zero-order valence-electron chi connectivity index (χ0n) is 11.6. The van der Waals surface area contributed by atoms with E-state index < -0.39 is 0 Å². The monoisotopic (exact) mass is 239 g/mol. The van der Waals surface area contributed by atoms with Gasteiger partial charge in [0, 0.05) is 11.7 Å². The van der Waals surface area contributed by atoms with Crippen molar-refractivity contribution in [3.8, 4) is 0 Å². The standard InChI is InChI=1S/C17H21N/c1-12-5-9-17(10-6-12)18-15(4)16-8-7-13(2)14(3)11-16/h5-11,15,18H,1-4H3. The molecular weight excluding hydrogens is 218 g/mol. The summed E-state index contributed by atoms with van der Waals surface area (Å²) in [7, 11) is 0. The van der Waals surface area contributed by atoms with E-state index in [2.05, 4.69) is 75.5 Å². The highest BCUT2D eigenvalue weighted by Gasteiger charge is 2.06. The lowest BCUT2D eigenvalue weighted by Crippen LogP contribution is -2.06. The van der Waals surface area contributed by atoms with E-state index in [1.165, 1.54) is 27.9 Å². The van der Waals surface area contributed by atoms with Gasteiger partial charge in [0.2, 0.25) is 0 Å². The molecule has 1 heteroatoms. The van der Waals surface area contributed by atoms with Crippen LogP contribution in [-0.2, 0) is 0 Å². The second kappa shape index (κ2) is 5.26. The average molecular weight is 239 g/mol. The Morgan fingerprint density at radius 1 is 0.833 bits per heavy atom. The van der Waals surface area contributed by atoms with Crippen LogP contribution >= 0.6 is 0 Å². The van der Waals surface area contributed by atoms with Crippen LogP contribution in [0.15, 0.2) is 42.5 Å². The van der Waals surface area contributed by atoms with E-state index in [0.717, 1.165) is 0 Å². The number of rotatable bonds is 3. The van der Waals surface area contributed by atoms with Gasteiger partial charge in [0.25, 0.3) is 0 Å². The van der Waals surface area contributed by atoms with Crippen molar-refractivity contribution < 1.29 is 0 Å². The van der Waals surface area contributed by atoms with E-state index in [9.17, 15) is 0 Å². The summed E-state index contributed by atoms with van der Waals surface area (Å²) in [6.07, 6.45) is 0. The molecule has 0 heterocycles. The summed E-state index contributed by atoms with van der Waals surface area (Å²) in [6.45, 7) is 8.62. The quantitative estimate of drug-likeness (QED) is 0.812. The number of nitrogens with one attached hydrogen (secondary N) is 1. The minimum absolute atomic E-state index is 0.326. The molecule has 2 rings (SSSR count). The molecular formula is C17H21N. The Morgan fingerprint density at radius 3 is 2.11 bits per heavy atom. The summed E-state index contributed by atoms with van der Waals surface area (Å²) >= 11 is 0. The van der Waals surface area contributed by atoms with Crippen LogP contribution in [0.2, 0.25) is 0 Å². The molecule has 1 N–H and O–H groups in total. The first-order chi connectivity index (χ1) is 8.56. The van der Waals surface area contributed by atoms with Crippen LogP contribution in [-0.4, -0.2) is 0 Å². The Bertz CT molecular complexity index is 526. The summed E-state index contributed by atoms with van der Waals surface area (Å²) in [4.78, 5) is 0. The topological polar surface area (TPSA) is 12.0 Å². The van der Waals surface area contributed by atoms with Crippen molar-refractivity contribution in [2.45, 2.75) is 33.7 Å². The van der Waals surface area contributed by atoms with E-state index in [-0.39, 0.29) is 0 Å². The van der Waals surface area contributed by atoms with E-state index in [1.807, 2.05) is 0 Å². The van der Waals surface area contributed by atoms with Crippen LogP contribution in [0.1, 0.15) is 35.2 Å². The lowest BCUT2D eigenvalue weighted by molar-refractivity contribution is 0.881. The van der Waals surface area contributed by atoms with Gasteiger partial charge in [-0.15, -0.1) is 0 Å². The Kier molecular flexibility index (Phi) is 3.71. The zero-order chi connectivity index (χ0) is 13.1. The first kappa shape index (κ1) is 12.7. The van der Waals surface area contributed by atoms with Crippen molar-refractivity contribution in [1.29, 1.82) is 0 Å². The molecule has 1 atom stereocenters. The van der Waals surface area contributed by atoms with Crippen LogP contribution in [0.3, 0.4) is 0 Å². The van der Waals surface area contributed by atoms with Gasteiger partial charge in [-0.3, -0.25) is 0 Å². The molecule has 0 saturated carbocycles. The van der Waals surface area contributed by atoms with Crippen LogP contribution < -0.4 is 5.32 Å². The van der Waals surface area contributed by atoms with Gasteiger partial charge in [-0.1, -0.05) is 35.9 Å². The molecule has 0 aliphatic rings. The summed E-state index contributed by atoms with van der Waals surface area (Å²) in [5.41, 5.74) is 6.50. The maximum absolute atomic E-state index is 3.53. The number of aryl methyl sites for hydroxylation is 3. The van der Waals surface area contributed by atoms with E-state index in [0.29, 0.717) is 6.04 Å². The zero-order valence-corrected chi connectivity index (χ0v) is 11.6. The summed E-state index contributed by atoms with van der Waals surface area (Å²) in [5, 5.41) is 3.53. The van der Waals surface area contributed by atoms with Crippen molar-refractivity contribution in [2.24, 2.45) is 0 Å². The van der Waals surface area contributed by atoms with Gasteiger partial charge in [-0.05, 0) is 56.5 Å². The van der Waals surface area contributed by atoms with Crippen molar-refractivity contribution >= 4 is 5.69 Å². The molecule has 2 aromatic rings. The van der Waals surface area contributed by atoms with Crippen LogP contribution in [0.25, 0.3) is 0 Å². The second-order valence-corrected chi connectivity index (χ2v) is 5.08. The van der Waals surface area contributed by atoms with E-state index in [1.54, 1.807) is 0 Å². The molecule has 0 amide bonds. The van der Waals surface area contributed by atoms with Crippen molar-refractivity contribution in [1.82, 2.24) is 0 Å². The lowest BCUT2D eigenvalue weighted by atomic mass is 10.0. The van der Waals surface area contributed by atoms with Gasteiger partial charge in [0.05, 0.1) is 0 Å². The first-order valence-corrected chi connectivity index (χ1v) is 6.46. The number of benzene rings is 2. The van der Waals surface area contributed by atoms with Crippen molar-refractivity contribution in [3.63, 3.8) is 0 Å². The van der Waals surface area contributed by atoms with Gasteiger partial charge in [0.15, 0.2) is 0 Å².